The van der Waals surface area contributed by atoms with Gasteiger partial charge < -0.3 is 13.9 Å². The first-order chi connectivity index (χ1) is 9.90. The van der Waals surface area contributed by atoms with Gasteiger partial charge in [-0.05, 0) is 56.5 Å². The molecule has 0 aliphatic carbocycles. The fraction of sp³-hybridized carbons (Fsp3) is 0.412. The van der Waals surface area contributed by atoms with Gasteiger partial charge in [-0.2, -0.15) is 0 Å². The lowest BCUT2D eigenvalue weighted by Gasteiger charge is -2.17. The molecular weight excluding hydrogens is 288 g/mol. The fourth-order valence-corrected chi connectivity index (χ4v) is 3.16. The summed E-state index contributed by atoms with van der Waals surface area (Å²) >= 11 is 6.73. The molecule has 2 rings (SSSR count). The van der Waals surface area contributed by atoms with Crippen molar-refractivity contribution in [1.82, 2.24) is 0 Å². The topological polar surface area (TPSA) is 31.6 Å². The highest BCUT2D eigenvalue weighted by Crippen LogP contribution is 2.41. The second-order valence-corrected chi connectivity index (χ2v) is 5.62. The van der Waals surface area contributed by atoms with E-state index in [4.69, 9.17) is 25.5 Å². The number of aryl methyl sites for hydroxylation is 3. The Labute approximate surface area is 130 Å². The van der Waals surface area contributed by atoms with Crippen molar-refractivity contribution in [3.8, 4) is 11.5 Å². The van der Waals surface area contributed by atoms with Crippen molar-refractivity contribution in [2.75, 3.05) is 14.2 Å². The third-order valence-corrected chi connectivity index (χ3v) is 4.37. The Bertz CT molecular complexity index is 659. The molecule has 3 nitrogen and oxygen atoms in total. The van der Waals surface area contributed by atoms with E-state index < -0.39 is 0 Å². The molecule has 1 heterocycles. The number of methoxy groups -OCH3 is 2. The van der Waals surface area contributed by atoms with Gasteiger partial charge in [0.2, 0.25) is 0 Å². The van der Waals surface area contributed by atoms with E-state index in [9.17, 15) is 0 Å². The van der Waals surface area contributed by atoms with Crippen molar-refractivity contribution in [1.29, 1.82) is 0 Å². The second kappa shape index (κ2) is 6.02. The minimum Gasteiger partial charge on any atom is -0.493 e. The van der Waals surface area contributed by atoms with Gasteiger partial charge in [0.05, 0.1) is 19.6 Å². The molecule has 1 unspecified atom stereocenters. The molecule has 21 heavy (non-hydrogen) atoms. The predicted octanol–water partition coefficient (Wildman–Crippen LogP) is 4.86. The average Bonchev–Trinajstić information content (AvgIpc) is 2.71. The van der Waals surface area contributed by atoms with Crippen LogP contribution in [0.15, 0.2) is 16.5 Å². The maximum Gasteiger partial charge on any atom is 0.161 e. The molecule has 1 atom stereocenters. The van der Waals surface area contributed by atoms with E-state index in [2.05, 4.69) is 0 Å². The number of hydrogen-bond acceptors (Lipinski definition) is 3. The van der Waals surface area contributed by atoms with E-state index in [0.29, 0.717) is 11.5 Å². The molecule has 0 aliphatic heterocycles. The predicted molar refractivity (Wildman–Crippen MR) is 84.9 cm³/mol. The van der Waals surface area contributed by atoms with Crippen LogP contribution >= 0.6 is 11.6 Å². The van der Waals surface area contributed by atoms with Crippen molar-refractivity contribution >= 4 is 11.6 Å². The molecule has 0 saturated heterocycles. The molecule has 114 valence electrons. The van der Waals surface area contributed by atoms with Crippen LogP contribution in [-0.2, 0) is 0 Å². The van der Waals surface area contributed by atoms with Crippen LogP contribution in [0.5, 0.6) is 11.5 Å². The van der Waals surface area contributed by atoms with Crippen LogP contribution in [0.1, 0.15) is 39.2 Å². The van der Waals surface area contributed by atoms with Crippen LogP contribution in [0.25, 0.3) is 0 Å². The van der Waals surface area contributed by atoms with Crippen molar-refractivity contribution in [3.63, 3.8) is 0 Å². The number of rotatable bonds is 4. The van der Waals surface area contributed by atoms with Crippen LogP contribution in [0.2, 0.25) is 0 Å². The molecule has 0 amide bonds. The van der Waals surface area contributed by atoms with Gasteiger partial charge in [-0.1, -0.05) is 0 Å². The third kappa shape index (κ3) is 2.75. The summed E-state index contributed by atoms with van der Waals surface area (Å²) in [6, 6.07) is 3.88. The minimum absolute atomic E-state index is 0.276. The first-order valence-corrected chi connectivity index (χ1v) is 7.27. The van der Waals surface area contributed by atoms with Gasteiger partial charge in [0.25, 0.3) is 0 Å². The molecule has 0 spiro atoms. The van der Waals surface area contributed by atoms with Crippen LogP contribution in [0.4, 0.5) is 0 Å². The van der Waals surface area contributed by atoms with E-state index in [1.54, 1.807) is 14.2 Å². The van der Waals surface area contributed by atoms with Crippen LogP contribution in [-0.4, -0.2) is 14.2 Å². The molecule has 0 fully saturated rings. The van der Waals surface area contributed by atoms with E-state index in [-0.39, 0.29) is 5.38 Å². The highest BCUT2D eigenvalue weighted by atomic mass is 35.5. The van der Waals surface area contributed by atoms with Gasteiger partial charge in [-0.25, -0.2) is 0 Å². The molecule has 0 aliphatic rings. The summed E-state index contributed by atoms with van der Waals surface area (Å²) < 4.78 is 16.4. The number of ether oxygens (including phenoxy) is 2. The van der Waals surface area contributed by atoms with E-state index >= 15 is 0 Å². The maximum absolute atomic E-state index is 6.73. The molecule has 0 bridgehead atoms. The zero-order chi connectivity index (χ0) is 15.7. The van der Waals surface area contributed by atoms with E-state index in [1.807, 2.05) is 39.8 Å². The summed E-state index contributed by atoms with van der Waals surface area (Å²) in [7, 11) is 3.25. The number of halogens is 1. The quantitative estimate of drug-likeness (QED) is 0.756. The monoisotopic (exact) mass is 308 g/mol. The minimum atomic E-state index is -0.276. The number of hydrogen-bond donors (Lipinski definition) is 0. The van der Waals surface area contributed by atoms with Gasteiger partial charge in [0.15, 0.2) is 11.5 Å². The Morgan fingerprint density at radius 2 is 1.52 bits per heavy atom. The highest BCUT2D eigenvalue weighted by molar-refractivity contribution is 6.23. The molecule has 0 saturated carbocycles. The molecule has 4 heteroatoms. The first-order valence-electron chi connectivity index (χ1n) is 6.83. The van der Waals surface area contributed by atoms with Crippen LogP contribution in [0, 0.1) is 27.7 Å². The lowest BCUT2D eigenvalue weighted by atomic mass is 9.96. The van der Waals surface area contributed by atoms with Crippen molar-refractivity contribution in [2.45, 2.75) is 33.1 Å². The van der Waals surface area contributed by atoms with Crippen molar-refractivity contribution in [2.24, 2.45) is 0 Å². The standard InChI is InChI=1S/C17H21ClO3/c1-9-7-14(19-5)15(20-6)8-13(9)17(18)16-10(2)11(3)21-12(16)4/h7-8,17H,1-6H3. The zero-order valence-corrected chi connectivity index (χ0v) is 14.1. The van der Waals surface area contributed by atoms with Gasteiger partial charge in [-0.3, -0.25) is 0 Å². The first kappa shape index (κ1) is 15.8. The molecular formula is C17H21ClO3. The Morgan fingerprint density at radius 1 is 0.952 bits per heavy atom. The summed E-state index contributed by atoms with van der Waals surface area (Å²) in [4.78, 5) is 0. The van der Waals surface area contributed by atoms with Crippen molar-refractivity contribution < 1.29 is 13.9 Å². The summed E-state index contributed by atoms with van der Waals surface area (Å²) in [5.74, 6) is 3.16. The number of benzene rings is 1. The van der Waals surface area contributed by atoms with Gasteiger partial charge in [0.1, 0.15) is 11.5 Å². The van der Waals surface area contributed by atoms with Crippen LogP contribution < -0.4 is 9.47 Å². The molecule has 1 aromatic carbocycles. The summed E-state index contributed by atoms with van der Waals surface area (Å²) in [5, 5.41) is -0.276. The zero-order valence-electron chi connectivity index (χ0n) is 13.3. The SMILES string of the molecule is COc1cc(C)c(C(Cl)c2c(C)oc(C)c2C)cc1OC. The fourth-order valence-electron chi connectivity index (χ4n) is 2.61. The molecule has 0 N–H and O–H groups in total. The van der Waals surface area contributed by atoms with Gasteiger partial charge in [-0.15, -0.1) is 11.6 Å². The van der Waals surface area contributed by atoms with Gasteiger partial charge >= 0.3 is 0 Å². The molecule has 2 aromatic rings. The van der Waals surface area contributed by atoms with E-state index in [1.165, 1.54) is 0 Å². The Morgan fingerprint density at radius 3 is 2.00 bits per heavy atom. The third-order valence-electron chi connectivity index (χ3n) is 3.92. The average molecular weight is 309 g/mol. The highest BCUT2D eigenvalue weighted by Gasteiger charge is 2.23. The second-order valence-electron chi connectivity index (χ2n) is 5.18. The normalized spacial score (nSPS) is 12.3. The van der Waals surface area contributed by atoms with E-state index in [0.717, 1.165) is 33.8 Å². The lowest BCUT2D eigenvalue weighted by molar-refractivity contribution is 0.354. The Balaban J connectivity index is 2.55. The molecule has 0 radical (unpaired) electrons. The Kier molecular flexibility index (Phi) is 4.52. The molecule has 1 aromatic heterocycles. The number of alkyl halides is 1. The smallest absolute Gasteiger partial charge is 0.161 e. The summed E-state index contributed by atoms with van der Waals surface area (Å²) in [6.07, 6.45) is 0. The van der Waals surface area contributed by atoms with Crippen LogP contribution in [0.3, 0.4) is 0 Å². The maximum atomic E-state index is 6.73. The van der Waals surface area contributed by atoms with Crippen molar-refractivity contribution in [3.05, 3.63) is 45.9 Å². The largest absolute Gasteiger partial charge is 0.493 e. The Hall–Kier alpha value is -1.61. The van der Waals surface area contributed by atoms with Gasteiger partial charge in [0, 0.05) is 5.56 Å². The lowest BCUT2D eigenvalue weighted by Crippen LogP contribution is -2.01. The summed E-state index contributed by atoms with van der Waals surface area (Å²) in [6.45, 7) is 7.95. The summed E-state index contributed by atoms with van der Waals surface area (Å²) in [5.41, 5.74) is 4.19. The number of furan rings is 1.